The highest BCUT2D eigenvalue weighted by Gasteiger charge is 2.15. The predicted octanol–water partition coefficient (Wildman–Crippen LogP) is 3.28. The van der Waals surface area contributed by atoms with Gasteiger partial charge in [-0.2, -0.15) is 0 Å². The summed E-state index contributed by atoms with van der Waals surface area (Å²) in [5.74, 6) is -0.130. The van der Waals surface area contributed by atoms with E-state index in [9.17, 15) is 9.90 Å². The molecule has 0 unspecified atom stereocenters. The van der Waals surface area contributed by atoms with E-state index in [-0.39, 0.29) is 18.1 Å². The van der Waals surface area contributed by atoms with Crippen molar-refractivity contribution in [2.45, 2.75) is 19.5 Å². The van der Waals surface area contributed by atoms with E-state index >= 15 is 0 Å². The van der Waals surface area contributed by atoms with Crippen LogP contribution >= 0.6 is 11.6 Å². The van der Waals surface area contributed by atoms with Gasteiger partial charge in [0.15, 0.2) is 0 Å². The molecule has 30 heavy (non-hydrogen) atoms. The molecule has 6 nitrogen and oxygen atoms in total. The van der Waals surface area contributed by atoms with Crippen LogP contribution in [0.4, 0.5) is 0 Å². The zero-order valence-corrected chi connectivity index (χ0v) is 17.4. The molecule has 0 saturated carbocycles. The molecule has 1 saturated heterocycles. The van der Waals surface area contributed by atoms with E-state index in [0.717, 1.165) is 54.7 Å². The number of amides is 1. The first-order valence-electron chi connectivity index (χ1n) is 9.99. The smallest absolute Gasteiger partial charge is 0.226 e. The number of benzene rings is 2. The maximum atomic E-state index is 12.4. The molecule has 2 N–H and O–H groups in total. The monoisotopic (exact) mass is 425 g/mol. The Balaban J connectivity index is 1.44. The molecular weight excluding hydrogens is 402 g/mol. The number of nitrogens with one attached hydrogen (secondary N) is 1. The van der Waals surface area contributed by atoms with E-state index in [4.69, 9.17) is 16.3 Å². The molecule has 0 bridgehead atoms. The van der Waals surface area contributed by atoms with Crippen LogP contribution in [0.3, 0.4) is 0 Å². The molecule has 7 heteroatoms. The molecule has 0 atom stereocenters. The number of morpholine rings is 1. The molecule has 3 aromatic rings. The van der Waals surface area contributed by atoms with Crippen LogP contribution in [0.2, 0.25) is 5.02 Å². The van der Waals surface area contributed by atoms with Crippen molar-refractivity contribution in [1.29, 1.82) is 0 Å². The van der Waals surface area contributed by atoms with Crippen molar-refractivity contribution in [2.24, 2.45) is 0 Å². The van der Waals surface area contributed by atoms with E-state index in [0.29, 0.717) is 17.3 Å². The number of halogens is 1. The number of hydrogen-bond acceptors (Lipinski definition) is 5. The van der Waals surface area contributed by atoms with Gasteiger partial charge in [0.05, 0.1) is 25.3 Å². The van der Waals surface area contributed by atoms with Crippen LogP contribution in [-0.4, -0.2) is 47.2 Å². The Morgan fingerprint density at radius 3 is 2.63 bits per heavy atom. The lowest BCUT2D eigenvalue weighted by Crippen LogP contribution is -2.35. The minimum absolute atomic E-state index is 0.0169. The van der Waals surface area contributed by atoms with Crippen molar-refractivity contribution in [2.75, 3.05) is 26.3 Å². The first-order chi connectivity index (χ1) is 14.6. The number of nitrogens with zero attached hydrogens (tertiary/aromatic N) is 2. The minimum Gasteiger partial charge on any atom is -0.505 e. The van der Waals surface area contributed by atoms with Gasteiger partial charge >= 0.3 is 0 Å². The second kappa shape index (κ2) is 9.43. The summed E-state index contributed by atoms with van der Waals surface area (Å²) in [6.07, 6.45) is 1.72. The van der Waals surface area contributed by atoms with Crippen molar-refractivity contribution < 1.29 is 14.6 Å². The standard InChI is InChI=1S/C23H24ClN3O3/c24-19-5-2-16(3-6-19)13-26-22(28)12-21-23(29)20-11-17(1-4-18(20)14-25-21)15-27-7-9-30-10-8-27/h1-6,11,14,29H,7-10,12-13,15H2,(H,26,28). The third-order valence-electron chi connectivity index (χ3n) is 5.25. The van der Waals surface area contributed by atoms with E-state index in [1.54, 1.807) is 18.3 Å². The maximum absolute atomic E-state index is 12.4. The third kappa shape index (κ3) is 5.08. The summed E-state index contributed by atoms with van der Waals surface area (Å²) < 4.78 is 5.40. The fourth-order valence-electron chi connectivity index (χ4n) is 3.55. The number of aromatic hydroxyl groups is 1. The number of aromatic nitrogens is 1. The van der Waals surface area contributed by atoms with Gasteiger partial charge in [0, 0.05) is 48.2 Å². The van der Waals surface area contributed by atoms with E-state index in [2.05, 4.69) is 21.3 Å². The van der Waals surface area contributed by atoms with Gasteiger partial charge in [-0.05, 0) is 29.3 Å². The Labute approximate surface area is 180 Å². The Morgan fingerprint density at radius 1 is 1.13 bits per heavy atom. The molecule has 156 valence electrons. The first kappa shape index (κ1) is 20.6. The highest BCUT2D eigenvalue weighted by molar-refractivity contribution is 6.30. The van der Waals surface area contributed by atoms with Gasteiger partial charge in [0.25, 0.3) is 0 Å². The van der Waals surface area contributed by atoms with Crippen molar-refractivity contribution in [3.63, 3.8) is 0 Å². The number of pyridine rings is 1. The summed E-state index contributed by atoms with van der Waals surface area (Å²) in [4.78, 5) is 19.0. The van der Waals surface area contributed by atoms with Crippen molar-refractivity contribution in [1.82, 2.24) is 15.2 Å². The second-order valence-electron chi connectivity index (χ2n) is 7.44. The summed E-state index contributed by atoms with van der Waals surface area (Å²) in [6.45, 7) is 4.50. The van der Waals surface area contributed by atoms with Gasteiger partial charge < -0.3 is 15.2 Å². The fourth-order valence-corrected chi connectivity index (χ4v) is 3.67. The molecule has 0 aliphatic carbocycles. The molecule has 0 spiro atoms. The van der Waals surface area contributed by atoms with E-state index in [1.807, 2.05) is 24.3 Å². The van der Waals surface area contributed by atoms with Gasteiger partial charge in [-0.15, -0.1) is 0 Å². The third-order valence-corrected chi connectivity index (χ3v) is 5.50. The fraction of sp³-hybridized carbons (Fsp3) is 0.304. The highest BCUT2D eigenvalue weighted by atomic mass is 35.5. The van der Waals surface area contributed by atoms with Gasteiger partial charge in [0.1, 0.15) is 5.75 Å². The first-order valence-corrected chi connectivity index (χ1v) is 10.4. The van der Waals surface area contributed by atoms with Crippen LogP contribution < -0.4 is 5.32 Å². The lowest BCUT2D eigenvalue weighted by molar-refractivity contribution is -0.120. The molecular formula is C23H24ClN3O3. The molecule has 1 aliphatic rings. The normalized spacial score (nSPS) is 14.7. The summed E-state index contributed by atoms with van der Waals surface area (Å²) in [6, 6.07) is 13.3. The van der Waals surface area contributed by atoms with E-state index in [1.165, 1.54) is 0 Å². The number of carbonyl (C=O) groups is 1. The van der Waals surface area contributed by atoms with Crippen LogP contribution in [0.1, 0.15) is 16.8 Å². The Morgan fingerprint density at radius 2 is 1.87 bits per heavy atom. The Kier molecular flexibility index (Phi) is 6.47. The molecule has 4 rings (SSSR count). The topological polar surface area (TPSA) is 74.7 Å². The average molecular weight is 426 g/mol. The number of carbonyl (C=O) groups excluding carboxylic acids is 1. The highest BCUT2D eigenvalue weighted by Crippen LogP contribution is 2.28. The van der Waals surface area contributed by atoms with Crippen LogP contribution in [0.25, 0.3) is 10.8 Å². The van der Waals surface area contributed by atoms with Gasteiger partial charge in [-0.1, -0.05) is 35.9 Å². The molecule has 2 heterocycles. The largest absolute Gasteiger partial charge is 0.505 e. The Hall–Kier alpha value is -2.67. The van der Waals surface area contributed by atoms with Crippen LogP contribution in [-0.2, 0) is 29.0 Å². The van der Waals surface area contributed by atoms with Gasteiger partial charge in [0.2, 0.25) is 5.91 Å². The molecule has 1 fully saturated rings. The molecule has 1 aliphatic heterocycles. The molecule has 0 radical (unpaired) electrons. The number of ether oxygens (including phenoxy) is 1. The lowest BCUT2D eigenvalue weighted by atomic mass is 10.1. The summed E-state index contributed by atoms with van der Waals surface area (Å²) in [5, 5.41) is 15.8. The summed E-state index contributed by atoms with van der Waals surface area (Å²) in [7, 11) is 0. The van der Waals surface area contributed by atoms with Gasteiger partial charge in [-0.25, -0.2) is 0 Å². The average Bonchev–Trinajstić information content (AvgIpc) is 2.76. The number of rotatable bonds is 6. The molecule has 2 aromatic carbocycles. The minimum atomic E-state index is -0.198. The van der Waals surface area contributed by atoms with Gasteiger partial charge in [-0.3, -0.25) is 14.7 Å². The number of hydrogen-bond donors (Lipinski definition) is 2. The zero-order valence-electron chi connectivity index (χ0n) is 16.6. The Bertz CT molecular complexity index is 1030. The van der Waals surface area contributed by atoms with Crippen molar-refractivity contribution in [3.05, 3.63) is 70.5 Å². The van der Waals surface area contributed by atoms with Crippen molar-refractivity contribution >= 4 is 28.3 Å². The maximum Gasteiger partial charge on any atom is 0.226 e. The molecule has 1 aromatic heterocycles. The zero-order chi connectivity index (χ0) is 20.9. The summed E-state index contributed by atoms with van der Waals surface area (Å²) >= 11 is 5.88. The number of fused-ring (bicyclic) bond motifs is 1. The molecule has 1 amide bonds. The van der Waals surface area contributed by atoms with Crippen LogP contribution in [0.15, 0.2) is 48.7 Å². The lowest BCUT2D eigenvalue weighted by Gasteiger charge is -2.26. The SMILES string of the molecule is O=C(Cc1ncc2ccc(CN3CCOCC3)cc2c1O)NCc1ccc(Cl)cc1. The quantitative estimate of drug-likeness (QED) is 0.634. The van der Waals surface area contributed by atoms with Crippen LogP contribution in [0.5, 0.6) is 5.75 Å². The second-order valence-corrected chi connectivity index (χ2v) is 7.88. The predicted molar refractivity (Wildman–Crippen MR) is 117 cm³/mol. The van der Waals surface area contributed by atoms with Crippen molar-refractivity contribution in [3.8, 4) is 5.75 Å². The summed E-state index contributed by atoms with van der Waals surface area (Å²) in [5.41, 5.74) is 2.44. The van der Waals surface area contributed by atoms with E-state index < -0.39 is 0 Å². The van der Waals surface area contributed by atoms with Crippen LogP contribution in [0, 0.1) is 0 Å².